The highest BCUT2D eigenvalue weighted by atomic mass is 35.5. The third-order valence-corrected chi connectivity index (χ3v) is 3.99. The number of benzene rings is 2. The summed E-state index contributed by atoms with van der Waals surface area (Å²) >= 11 is 6.14. The zero-order valence-corrected chi connectivity index (χ0v) is 14.6. The first-order chi connectivity index (χ1) is 11.3. The molecule has 5 nitrogen and oxygen atoms in total. The monoisotopic (exact) mass is 346 g/mol. The quantitative estimate of drug-likeness (QED) is 0.889. The third kappa shape index (κ3) is 3.57. The van der Waals surface area contributed by atoms with Gasteiger partial charge >= 0.3 is 6.03 Å². The first-order valence-electron chi connectivity index (χ1n) is 7.62. The van der Waals surface area contributed by atoms with Crippen LogP contribution in [-0.2, 0) is 6.54 Å². The predicted molar refractivity (Wildman–Crippen MR) is 93.7 cm³/mol. The fraction of sp³-hybridized carbons (Fsp3) is 0.278. The van der Waals surface area contributed by atoms with Crippen molar-refractivity contribution in [2.45, 2.75) is 26.2 Å². The van der Waals surface area contributed by atoms with Gasteiger partial charge in [0.15, 0.2) is 11.5 Å². The molecule has 3 rings (SSSR count). The molecule has 0 bridgehead atoms. The van der Waals surface area contributed by atoms with Crippen molar-refractivity contribution in [3.05, 3.63) is 53.1 Å². The Bertz CT molecular complexity index is 777. The van der Waals surface area contributed by atoms with Gasteiger partial charge in [-0.2, -0.15) is 0 Å². The molecule has 2 amide bonds. The highest BCUT2D eigenvalue weighted by molar-refractivity contribution is 6.31. The van der Waals surface area contributed by atoms with Crippen molar-refractivity contribution in [3.63, 3.8) is 0 Å². The van der Waals surface area contributed by atoms with Gasteiger partial charge in [-0.15, -0.1) is 0 Å². The molecule has 0 saturated carbocycles. The summed E-state index contributed by atoms with van der Waals surface area (Å²) in [5.41, 5.74) is 1.54. The van der Waals surface area contributed by atoms with Crippen LogP contribution < -0.4 is 14.8 Å². The summed E-state index contributed by atoms with van der Waals surface area (Å²) in [4.78, 5) is 13.9. The molecule has 0 spiro atoms. The molecular weight excluding hydrogens is 328 g/mol. The molecule has 0 unspecified atom stereocenters. The number of urea groups is 1. The van der Waals surface area contributed by atoms with E-state index in [2.05, 4.69) is 5.32 Å². The van der Waals surface area contributed by atoms with Gasteiger partial charge in [0.2, 0.25) is 5.79 Å². The number of fused-ring (bicyclic) bond motifs is 1. The Balaban J connectivity index is 1.66. The highest BCUT2D eigenvalue weighted by Crippen LogP contribution is 2.40. The van der Waals surface area contributed by atoms with Crippen molar-refractivity contribution >= 4 is 23.3 Å². The Morgan fingerprint density at radius 3 is 2.62 bits per heavy atom. The number of hydrogen-bond acceptors (Lipinski definition) is 3. The van der Waals surface area contributed by atoms with Crippen LogP contribution in [0.5, 0.6) is 11.5 Å². The summed E-state index contributed by atoms with van der Waals surface area (Å²) in [6.45, 7) is 4.09. The number of carbonyl (C=O) groups excluding carboxylic acids is 1. The molecule has 1 N–H and O–H groups in total. The van der Waals surface area contributed by atoms with Gasteiger partial charge in [-0.1, -0.05) is 29.8 Å². The van der Waals surface area contributed by atoms with Crippen molar-refractivity contribution in [2.24, 2.45) is 0 Å². The Labute approximate surface area is 146 Å². The fourth-order valence-corrected chi connectivity index (χ4v) is 2.67. The van der Waals surface area contributed by atoms with E-state index in [0.29, 0.717) is 28.8 Å². The van der Waals surface area contributed by atoms with Crippen molar-refractivity contribution in [1.29, 1.82) is 0 Å². The molecule has 0 aromatic heterocycles. The van der Waals surface area contributed by atoms with Gasteiger partial charge in [-0.3, -0.25) is 0 Å². The van der Waals surface area contributed by atoms with Gasteiger partial charge in [0.05, 0.1) is 0 Å². The summed E-state index contributed by atoms with van der Waals surface area (Å²) in [5, 5.41) is 3.49. The molecule has 1 aliphatic rings. The number of amides is 2. The maximum absolute atomic E-state index is 12.4. The molecule has 1 heterocycles. The molecule has 2 aromatic carbocycles. The van der Waals surface area contributed by atoms with Crippen LogP contribution in [0.25, 0.3) is 0 Å². The van der Waals surface area contributed by atoms with E-state index in [4.69, 9.17) is 21.1 Å². The number of rotatable bonds is 3. The second-order valence-corrected chi connectivity index (χ2v) is 6.55. The zero-order valence-electron chi connectivity index (χ0n) is 13.8. The number of ether oxygens (including phenoxy) is 2. The van der Waals surface area contributed by atoms with Crippen LogP contribution in [0.4, 0.5) is 10.5 Å². The number of hydrogen-bond donors (Lipinski definition) is 1. The molecular formula is C18H19ClN2O3. The molecule has 0 aliphatic carbocycles. The van der Waals surface area contributed by atoms with Crippen molar-refractivity contribution in [2.75, 3.05) is 12.4 Å². The normalized spacial score (nSPS) is 14.3. The van der Waals surface area contributed by atoms with E-state index in [0.717, 1.165) is 5.56 Å². The van der Waals surface area contributed by atoms with Gasteiger partial charge in [-0.25, -0.2) is 4.79 Å². The van der Waals surface area contributed by atoms with Crippen molar-refractivity contribution in [1.82, 2.24) is 4.90 Å². The summed E-state index contributed by atoms with van der Waals surface area (Å²) in [6, 6.07) is 12.6. The average Bonchev–Trinajstić information content (AvgIpc) is 2.82. The van der Waals surface area contributed by atoms with Crippen LogP contribution in [0.15, 0.2) is 42.5 Å². The Morgan fingerprint density at radius 2 is 1.88 bits per heavy atom. The van der Waals surface area contributed by atoms with Crippen LogP contribution >= 0.6 is 11.6 Å². The lowest BCUT2D eigenvalue weighted by molar-refractivity contribution is -0.0431. The Kier molecular flexibility index (Phi) is 4.28. The number of nitrogens with zero attached hydrogens (tertiary/aromatic N) is 1. The van der Waals surface area contributed by atoms with E-state index >= 15 is 0 Å². The first-order valence-corrected chi connectivity index (χ1v) is 7.99. The minimum Gasteiger partial charge on any atom is -0.449 e. The lowest BCUT2D eigenvalue weighted by atomic mass is 10.2. The summed E-state index contributed by atoms with van der Waals surface area (Å²) in [7, 11) is 1.72. The number of halogens is 1. The van der Waals surface area contributed by atoms with E-state index in [1.165, 1.54) is 0 Å². The van der Waals surface area contributed by atoms with E-state index in [1.54, 1.807) is 30.1 Å². The fourth-order valence-electron chi connectivity index (χ4n) is 2.47. The third-order valence-electron chi connectivity index (χ3n) is 3.62. The molecule has 0 radical (unpaired) electrons. The predicted octanol–water partition coefficient (Wildman–Crippen LogP) is 4.51. The lowest BCUT2D eigenvalue weighted by Crippen LogP contribution is -2.31. The van der Waals surface area contributed by atoms with Gasteiger partial charge in [-0.05, 0) is 23.8 Å². The SMILES string of the molecule is CN(Cc1ccccc1Cl)C(=O)Nc1ccc2c(c1)OC(C)(C)O2. The van der Waals surface area contributed by atoms with Crippen molar-refractivity contribution < 1.29 is 14.3 Å². The van der Waals surface area contributed by atoms with Gasteiger partial charge in [0.25, 0.3) is 0 Å². The molecule has 0 fully saturated rings. The summed E-state index contributed by atoms with van der Waals surface area (Å²) in [5.74, 6) is 0.597. The van der Waals surface area contributed by atoms with Crippen LogP contribution in [0.1, 0.15) is 19.4 Å². The Morgan fingerprint density at radius 1 is 1.17 bits per heavy atom. The second kappa shape index (κ2) is 6.24. The lowest BCUT2D eigenvalue weighted by Gasteiger charge is -2.19. The van der Waals surface area contributed by atoms with Gasteiger partial charge < -0.3 is 19.7 Å². The molecule has 0 atom stereocenters. The maximum atomic E-state index is 12.4. The topological polar surface area (TPSA) is 50.8 Å². The standard InChI is InChI=1S/C18H19ClN2O3/c1-18(2)23-15-9-8-13(10-16(15)24-18)20-17(22)21(3)11-12-6-4-5-7-14(12)19/h4-10H,11H2,1-3H3,(H,20,22). The largest absolute Gasteiger partial charge is 0.449 e. The van der Waals surface area contributed by atoms with E-state index in [9.17, 15) is 4.79 Å². The second-order valence-electron chi connectivity index (χ2n) is 6.14. The smallest absolute Gasteiger partial charge is 0.321 e. The highest BCUT2D eigenvalue weighted by Gasteiger charge is 2.31. The van der Waals surface area contributed by atoms with Crippen LogP contribution in [0.2, 0.25) is 5.02 Å². The maximum Gasteiger partial charge on any atom is 0.321 e. The van der Waals surface area contributed by atoms with Crippen LogP contribution in [0, 0.1) is 0 Å². The number of anilines is 1. The summed E-state index contributed by atoms with van der Waals surface area (Å²) in [6.07, 6.45) is 0. The summed E-state index contributed by atoms with van der Waals surface area (Å²) < 4.78 is 11.3. The number of carbonyl (C=O) groups is 1. The molecule has 1 aliphatic heterocycles. The molecule has 6 heteroatoms. The molecule has 2 aromatic rings. The van der Waals surface area contributed by atoms with Gasteiger partial charge in [0.1, 0.15) is 0 Å². The molecule has 24 heavy (non-hydrogen) atoms. The minimum absolute atomic E-state index is 0.229. The van der Waals surface area contributed by atoms with Crippen LogP contribution in [-0.4, -0.2) is 23.8 Å². The van der Waals surface area contributed by atoms with Gasteiger partial charge in [0, 0.05) is 44.2 Å². The molecule has 0 saturated heterocycles. The van der Waals surface area contributed by atoms with E-state index in [1.807, 2.05) is 38.1 Å². The minimum atomic E-state index is -0.689. The molecule has 126 valence electrons. The average molecular weight is 347 g/mol. The van der Waals surface area contributed by atoms with E-state index in [-0.39, 0.29) is 6.03 Å². The first kappa shape index (κ1) is 16.5. The van der Waals surface area contributed by atoms with E-state index < -0.39 is 5.79 Å². The zero-order chi connectivity index (χ0) is 17.3. The Hall–Kier alpha value is -2.40. The number of nitrogens with one attached hydrogen (secondary N) is 1. The van der Waals surface area contributed by atoms with Crippen molar-refractivity contribution in [3.8, 4) is 11.5 Å². The van der Waals surface area contributed by atoms with Crippen LogP contribution in [0.3, 0.4) is 0 Å².